The first-order valence-corrected chi connectivity index (χ1v) is 12.1. The van der Waals surface area contributed by atoms with Crippen LogP contribution in [0.25, 0.3) is 0 Å². The molecule has 2 unspecified atom stereocenters. The van der Waals surface area contributed by atoms with E-state index in [1.807, 2.05) is 13.0 Å². The number of hydrogen-bond donors (Lipinski definition) is 1. The summed E-state index contributed by atoms with van der Waals surface area (Å²) in [5.41, 5.74) is 4.48. The lowest BCUT2D eigenvalue weighted by Crippen LogP contribution is -2.21. The van der Waals surface area contributed by atoms with Crippen molar-refractivity contribution >= 4 is 0 Å². The van der Waals surface area contributed by atoms with Gasteiger partial charge in [0.2, 0.25) is 0 Å². The standard InChI is InChI=1S/C29H48O/c1-10-29(9,26-21-25(28(6,7)8)20-24(5)27(26)30)19-17-15-13-11-12-14-16-18-23(4)22(2)3/h10,20-21,23,30H,1-2,11-19H2,3-9H3. The van der Waals surface area contributed by atoms with Crippen LogP contribution >= 0.6 is 0 Å². The topological polar surface area (TPSA) is 20.2 Å². The first kappa shape index (κ1) is 26.5. The molecule has 0 aliphatic rings. The largest absolute Gasteiger partial charge is 0.507 e. The van der Waals surface area contributed by atoms with E-state index in [1.165, 1.54) is 62.5 Å². The Morgan fingerprint density at radius 2 is 1.53 bits per heavy atom. The molecule has 1 N–H and O–H groups in total. The van der Waals surface area contributed by atoms with Gasteiger partial charge < -0.3 is 5.11 Å². The van der Waals surface area contributed by atoms with Crippen molar-refractivity contribution in [3.8, 4) is 5.75 Å². The molecular weight excluding hydrogens is 364 g/mol. The maximum atomic E-state index is 10.8. The number of rotatable bonds is 13. The van der Waals surface area contributed by atoms with Gasteiger partial charge in [0, 0.05) is 11.0 Å². The molecule has 0 aliphatic heterocycles. The van der Waals surface area contributed by atoms with Gasteiger partial charge in [-0.3, -0.25) is 0 Å². The van der Waals surface area contributed by atoms with Gasteiger partial charge >= 0.3 is 0 Å². The average molecular weight is 413 g/mol. The minimum absolute atomic E-state index is 0.0669. The number of aryl methyl sites for hydroxylation is 1. The maximum absolute atomic E-state index is 10.8. The third kappa shape index (κ3) is 7.97. The predicted octanol–water partition coefficient (Wildman–Crippen LogP) is 9.16. The van der Waals surface area contributed by atoms with Gasteiger partial charge in [-0.2, -0.15) is 0 Å². The summed E-state index contributed by atoms with van der Waals surface area (Å²) in [6.45, 7) is 23.5. The Balaban J connectivity index is 2.53. The highest BCUT2D eigenvalue weighted by Gasteiger charge is 2.28. The molecule has 1 nitrogen and oxygen atoms in total. The smallest absolute Gasteiger partial charge is 0.122 e. The lowest BCUT2D eigenvalue weighted by molar-refractivity contribution is 0.425. The van der Waals surface area contributed by atoms with Crippen LogP contribution in [-0.2, 0) is 10.8 Å². The van der Waals surface area contributed by atoms with Crippen LogP contribution in [0.2, 0.25) is 0 Å². The van der Waals surface area contributed by atoms with E-state index in [9.17, 15) is 5.11 Å². The Kier molecular flexibility index (Phi) is 10.4. The van der Waals surface area contributed by atoms with Crippen LogP contribution in [0.3, 0.4) is 0 Å². The molecule has 0 saturated carbocycles. The van der Waals surface area contributed by atoms with E-state index < -0.39 is 0 Å². The van der Waals surface area contributed by atoms with Crippen molar-refractivity contribution in [2.24, 2.45) is 5.92 Å². The molecule has 2 atom stereocenters. The summed E-state index contributed by atoms with van der Waals surface area (Å²) < 4.78 is 0. The Morgan fingerprint density at radius 1 is 1.00 bits per heavy atom. The van der Waals surface area contributed by atoms with E-state index in [2.05, 4.69) is 66.8 Å². The van der Waals surface area contributed by atoms with Crippen molar-refractivity contribution in [2.75, 3.05) is 0 Å². The highest BCUT2D eigenvalue weighted by molar-refractivity contribution is 5.50. The van der Waals surface area contributed by atoms with Gasteiger partial charge in [-0.1, -0.05) is 110 Å². The van der Waals surface area contributed by atoms with E-state index in [1.54, 1.807) is 0 Å². The van der Waals surface area contributed by atoms with Crippen LogP contribution < -0.4 is 0 Å². The quantitative estimate of drug-likeness (QED) is 0.253. The van der Waals surface area contributed by atoms with Crippen molar-refractivity contribution in [3.63, 3.8) is 0 Å². The number of benzene rings is 1. The second-order valence-electron chi connectivity index (χ2n) is 10.8. The van der Waals surface area contributed by atoms with Gasteiger partial charge in [0.15, 0.2) is 0 Å². The van der Waals surface area contributed by atoms with Gasteiger partial charge in [-0.25, -0.2) is 0 Å². The number of phenols is 1. The highest BCUT2D eigenvalue weighted by atomic mass is 16.3. The molecule has 30 heavy (non-hydrogen) atoms. The normalized spacial score (nSPS) is 14.9. The number of hydrogen-bond acceptors (Lipinski definition) is 1. The number of phenolic OH excluding ortho intramolecular Hbond substituents is 1. The zero-order valence-electron chi connectivity index (χ0n) is 21.0. The van der Waals surface area contributed by atoms with E-state index in [-0.39, 0.29) is 10.8 Å². The summed E-state index contributed by atoms with van der Waals surface area (Å²) in [4.78, 5) is 0. The molecule has 0 fully saturated rings. The molecule has 0 spiro atoms. The van der Waals surface area contributed by atoms with E-state index in [0.29, 0.717) is 11.7 Å². The minimum Gasteiger partial charge on any atom is -0.507 e. The summed E-state index contributed by atoms with van der Waals surface area (Å²) in [7, 11) is 0. The van der Waals surface area contributed by atoms with E-state index in [0.717, 1.165) is 17.5 Å². The SMILES string of the molecule is C=CC(C)(CCCCCCCCCC(C)C(=C)C)c1cc(C(C)(C)C)cc(C)c1O. The van der Waals surface area contributed by atoms with Gasteiger partial charge in [0.1, 0.15) is 5.75 Å². The van der Waals surface area contributed by atoms with Crippen LogP contribution in [0.1, 0.15) is 116 Å². The molecule has 1 heteroatoms. The van der Waals surface area contributed by atoms with Crippen molar-refractivity contribution in [1.82, 2.24) is 0 Å². The summed E-state index contributed by atoms with van der Waals surface area (Å²) in [6, 6.07) is 4.33. The van der Waals surface area contributed by atoms with Crippen LogP contribution in [0.15, 0.2) is 36.9 Å². The van der Waals surface area contributed by atoms with Crippen molar-refractivity contribution in [3.05, 3.63) is 53.6 Å². The van der Waals surface area contributed by atoms with Gasteiger partial charge in [-0.15, -0.1) is 6.58 Å². The average Bonchev–Trinajstić information content (AvgIpc) is 2.67. The summed E-state index contributed by atoms with van der Waals surface area (Å²) >= 11 is 0. The minimum atomic E-state index is -0.186. The van der Waals surface area contributed by atoms with E-state index in [4.69, 9.17) is 0 Å². The molecule has 170 valence electrons. The fraction of sp³-hybridized carbons (Fsp3) is 0.655. The Bertz CT molecular complexity index is 691. The fourth-order valence-corrected chi connectivity index (χ4v) is 4.07. The summed E-state index contributed by atoms with van der Waals surface area (Å²) in [5, 5.41) is 10.8. The molecule has 0 aromatic heterocycles. The summed E-state index contributed by atoms with van der Waals surface area (Å²) in [5.74, 6) is 1.10. The second-order valence-corrected chi connectivity index (χ2v) is 10.8. The first-order valence-electron chi connectivity index (χ1n) is 12.1. The number of allylic oxidation sites excluding steroid dienone is 2. The van der Waals surface area contributed by atoms with Gasteiger partial charge in [-0.05, 0) is 49.1 Å². The van der Waals surface area contributed by atoms with Crippen LogP contribution in [-0.4, -0.2) is 5.11 Å². The first-order chi connectivity index (χ1) is 13.9. The molecule has 1 rings (SSSR count). The third-order valence-corrected chi connectivity index (χ3v) is 6.91. The number of unbranched alkanes of at least 4 members (excludes halogenated alkanes) is 6. The third-order valence-electron chi connectivity index (χ3n) is 6.91. The number of aromatic hydroxyl groups is 1. The molecule has 1 aromatic rings. The highest BCUT2D eigenvalue weighted by Crippen LogP contribution is 2.41. The Morgan fingerprint density at radius 3 is 2.03 bits per heavy atom. The fourth-order valence-electron chi connectivity index (χ4n) is 4.07. The van der Waals surface area contributed by atoms with Crippen molar-refractivity contribution < 1.29 is 5.11 Å². The second kappa shape index (κ2) is 11.8. The summed E-state index contributed by atoms with van der Waals surface area (Å²) in [6.07, 6.45) is 13.4. The lowest BCUT2D eigenvalue weighted by Gasteiger charge is -2.31. The Hall–Kier alpha value is -1.50. The lowest BCUT2D eigenvalue weighted by atomic mass is 9.74. The molecule has 1 aromatic carbocycles. The molecule has 0 radical (unpaired) electrons. The zero-order chi connectivity index (χ0) is 22.9. The molecule has 0 saturated heterocycles. The zero-order valence-corrected chi connectivity index (χ0v) is 21.0. The molecule has 0 aliphatic carbocycles. The van der Waals surface area contributed by atoms with Crippen molar-refractivity contribution in [2.45, 2.75) is 117 Å². The predicted molar refractivity (Wildman–Crippen MR) is 135 cm³/mol. The van der Waals surface area contributed by atoms with Gasteiger partial charge in [0.05, 0.1) is 0 Å². The molecular formula is C29H48O. The van der Waals surface area contributed by atoms with Crippen LogP contribution in [0.4, 0.5) is 0 Å². The molecule has 0 amide bonds. The van der Waals surface area contributed by atoms with Gasteiger partial charge in [0.25, 0.3) is 0 Å². The monoisotopic (exact) mass is 412 g/mol. The van der Waals surface area contributed by atoms with E-state index >= 15 is 0 Å². The molecule has 0 bridgehead atoms. The van der Waals surface area contributed by atoms with Crippen LogP contribution in [0.5, 0.6) is 5.75 Å². The Labute approximate surface area is 187 Å². The molecule has 0 heterocycles. The van der Waals surface area contributed by atoms with Crippen molar-refractivity contribution in [1.29, 1.82) is 0 Å². The maximum Gasteiger partial charge on any atom is 0.122 e. The van der Waals surface area contributed by atoms with Crippen LogP contribution in [0, 0.1) is 12.8 Å².